The summed E-state index contributed by atoms with van der Waals surface area (Å²) >= 11 is 0. The van der Waals surface area contributed by atoms with Crippen LogP contribution in [0.3, 0.4) is 0 Å². The van der Waals surface area contributed by atoms with Gasteiger partial charge < -0.3 is 9.80 Å². The highest BCUT2D eigenvalue weighted by molar-refractivity contribution is 5.92. The highest BCUT2D eigenvalue weighted by atomic mass is 16.6. The maximum Gasteiger partial charge on any atom is 0.276 e. The quantitative estimate of drug-likeness (QED) is 0.345. The van der Waals surface area contributed by atoms with Gasteiger partial charge in [-0.3, -0.25) is 19.7 Å². The second-order valence-electron chi connectivity index (χ2n) is 7.49. The summed E-state index contributed by atoms with van der Waals surface area (Å²) in [6, 6.07) is 6.34. The molecule has 1 aromatic carbocycles. The van der Waals surface area contributed by atoms with Crippen LogP contribution >= 0.6 is 0 Å². The summed E-state index contributed by atoms with van der Waals surface area (Å²) < 4.78 is 0. The van der Waals surface area contributed by atoms with E-state index in [1.807, 2.05) is 4.90 Å². The number of amides is 2. The molecule has 0 bridgehead atoms. The predicted octanol–water partition coefficient (Wildman–Crippen LogP) is 3.25. The SMILES string of the molecule is O=C(/C=C/c1ccccc1[N+](=O)[O-])N1CCN(C(=O)C2CCCCCC2)CC1. The van der Waals surface area contributed by atoms with Crippen LogP contribution in [0.25, 0.3) is 6.08 Å². The summed E-state index contributed by atoms with van der Waals surface area (Å²) in [7, 11) is 0. The Labute approximate surface area is 165 Å². The van der Waals surface area contributed by atoms with E-state index in [4.69, 9.17) is 0 Å². The molecule has 0 N–H and O–H groups in total. The molecule has 2 fully saturated rings. The number of nitro groups is 1. The van der Waals surface area contributed by atoms with Gasteiger partial charge in [-0.25, -0.2) is 0 Å². The maximum atomic E-state index is 12.7. The van der Waals surface area contributed by atoms with Crippen molar-refractivity contribution in [2.45, 2.75) is 38.5 Å². The molecule has 7 nitrogen and oxygen atoms in total. The molecule has 0 radical (unpaired) electrons. The van der Waals surface area contributed by atoms with E-state index >= 15 is 0 Å². The first kappa shape index (κ1) is 20.0. The van der Waals surface area contributed by atoms with Gasteiger partial charge in [0, 0.05) is 44.2 Å². The van der Waals surface area contributed by atoms with E-state index in [1.54, 1.807) is 23.1 Å². The molecule has 150 valence electrons. The minimum Gasteiger partial charge on any atom is -0.339 e. The zero-order chi connectivity index (χ0) is 19.9. The molecule has 0 unspecified atom stereocenters. The molecule has 0 spiro atoms. The van der Waals surface area contributed by atoms with E-state index in [-0.39, 0.29) is 23.4 Å². The fraction of sp³-hybridized carbons (Fsp3) is 0.524. The summed E-state index contributed by atoms with van der Waals surface area (Å²) in [5.41, 5.74) is 0.383. The molecule has 1 aromatic rings. The van der Waals surface area contributed by atoms with Crippen molar-refractivity contribution in [3.63, 3.8) is 0 Å². The van der Waals surface area contributed by atoms with Crippen molar-refractivity contribution in [3.8, 4) is 0 Å². The molecule has 0 aromatic heterocycles. The van der Waals surface area contributed by atoms with Crippen molar-refractivity contribution in [2.75, 3.05) is 26.2 Å². The van der Waals surface area contributed by atoms with Gasteiger partial charge in [0.2, 0.25) is 11.8 Å². The van der Waals surface area contributed by atoms with Crippen LogP contribution in [0.5, 0.6) is 0 Å². The van der Waals surface area contributed by atoms with Crippen LogP contribution < -0.4 is 0 Å². The van der Waals surface area contributed by atoms with Crippen LogP contribution in [0.1, 0.15) is 44.1 Å². The Hall–Kier alpha value is -2.70. The number of nitrogens with zero attached hydrogens (tertiary/aromatic N) is 3. The number of para-hydroxylation sites is 1. The lowest BCUT2D eigenvalue weighted by atomic mass is 9.98. The Bertz CT molecular complexity index is 746. The molecule has 1 heterocycles. The number of hydrogen-bond donors (Lipinski definition) is 0. The van der Waals surface area contributed by atoms with E-state index < -0.39 is 4.92 Å². The Kier molecular flexibility index (Phi) is 6.79. The second kappa shape index (κ2) is 9.48. The van der Waals surface area contributed by atoms with Gasteiger partial charge in [-0.15, -0.1) is 0 Å². The lowest BCUT2D eigenvalue weighted by molar-refractivity contribution is -0.385. The highest BCUT2D eigenvalue weighted by Gasteiger charge is 2.28. The van der Waals surface area contributed by atoms with Gasteiger partial charge in [0.1, 0.15) is 0 Å². The zero-order valence-corrected chi connectivity index (χ0v) is 16.1. The first-order valence-electron chi connectivity index (χ1n) is 10.1. The van der Waals surface area contributed by atoms with E-state index in [0.717, 1.165) is 25.7 Å². The molecule has 1 saturated carbocycles. The highest BCUT2D eigenvalue weighted by Crippen LogP contribution is 2.25. The molecular weight excluding hydrogens is 358 g/mol. The van der Waals surface area contributed by atoms with Crippen LogP contribution in [0.2, 0.25) is 0 Å². The number of benzene rings is 1. The van der Waals surface area contributed by atoms with Crippen LogP contribution in [0, 0.1) is 16.0 Å². The van der Waals surface area contributed by atoms with Gasteiger partial charge in [-0.1, -0.05) is 37.8 Å². The summed E-state index contributed by atoms with van der Waals surface area (Å²) in [4.78, 5) is 39.4. The summed E-state index contributed by atoms with van der Waals surface area (Å²) in [5.74, 6) is 0.201. The third kappa shape index (κ3) is 4.97. The van der Waals surface area contributed by atoms with E-state index in [9.17, 15) is 19.7 Å². The van der Waals surface area contributed by atoms with Crippen molar-refractivity contribution in [1.82, 2.24) is 9.80 Å². The lowest BCUT2D eigenvalue weighted by Crippen LogP contribution is -2.51. The van der Waals surface area contributed by atoms with Crippen molar-refractivity contribution in [3.05, 3.63) is 46.0 Å². The minimum absolute atomic E-state index is 0.0228. The van der Waals surface area contributed by atoms with Gasteiger partial charge in [0.25, 0.3) is 5.69 Å². The average Bonchev–Trinajstić information content (AvgIpc) is 3.01. The molecule has 1 aliphatic heterocycles. The largest absolute Gasteiger partial charge is 0.339 e. The summed E-state index contributed by atoms with van der Waals surface area (Å²) in [6.45, 7) is 2.11. The van der Waals surface area contributed by atoms with E-state index in [1.165, 1.54) is 31.1 Å². The van der Waals surface area contributed by atoms with Crippen LogP contribution in [-0.4, -0.2) is 52.7 Å². The summed E-state index contributed by atoms with van der Waals surface area (Å²) in [5, 5.41) is 11.1. The van der Waals surface area contributed by atoms with E-state index in [2.05, 4.69) is 0 Å². The smallest absolute Gasteiger partial charge is 0.276 e. The number of piperazine rings is 1. The third-order valence-electron chi connectivity index (χ3n) is 5.65. The Morgan fingerprint density at radius 2 is 1.57 bits per heavy atom. The summed E-state index contributed by atoms with van der Waals surface area (Å²) in [6.07, 6.45) is 9.54. The Morgan fingerprint density at radius 3 is 2.21 bits per heavy atom. The molecule has 7 heteroatoms. The normalized spacial score (nSPS) is 18.9. The molecule has 28 heavy (non-hydrogen) atoms. The topological polar surface area (TPSA) is 83.8 Å². The van der Waals surface area contributed by atoms with Gasteiger partial charge in [-0.2, -0.15) is 0 Å². The van der Waals surface area contributed by atoms with Crippen molar-refractivity contribution < 1.29 is 14.5 Å². The van der Waals surface area contributed by atoms with Crippen molar-refractivity contribution in [1.29, 1.82) is 0 Å². The standard InChI is InChI=1S/C21H27N3O4/c25-20(12-11-17-7-5-6-10-19(17)24(27)28)22-13-15-23(16-14-22)21(26)18-8-3-1-2-4-9-18/h5-7,10-12,18H,1-4,8-9,13-16H2/b12-11+. The van der Waals surface area contributed by atoms with Gasteiger partial charge >= 0.3 is 0 Å². The fourth-order valence-corrected chi connectivity index (χ4v) is 3.99. The second-order valence-corrected chi connectivity index (χ2v) is 7.49. The predicted molar refractivity (Wildman–Crippen MR) is 106 cm³/mol. The fourth-order valence-electron chi connectivity index (χ4n) is 3.99. The zero-order valence-electron chi connectivity index (χ0n) is 16.1. The molecule has 1 aliphatic carbocycles. The Balaban J connectivity index is 1.54. The third-order valence-corrected chi connectivity index (χ3v) is 5.65. The van der Waals surface area contributed by atoms with Gasteiger partial charge in [-0.05, 0) is 25.0 Å². The lowest BCUT2D eigenvalue weighted by Gasteiger charge is -2.36. The molecule has 2 aliphatic rings. The first-order chi connectivity index (χ1) is 13.6. The number of nitro benzene ring substituents is 1. The molecular formula is C21H27N3O4. The van der Waals surface area contributed by atoms with Crippen LogP contribution in [-0.2, 0) is 9.59 Å². The minimum atomic E-state index is -0.456. The van der Waals surface area contributed by atoms with Crippen molar-refractivity contribution >= 4 is 23.6 Å². The number of carbonyl (C=O) groups is 2. The number of rotatable bonds is 4. The van der Waals surface area contributed by atoms with Crippen LogP contribution in [0.4, 0.5) is 5.69 Å². The van der Waals surface area contributed by atoms with Crippen molar-refractivity contribution in [2.24, 2.45) is 5.92 Å². The maximum absolute atomic E-state index is 12.7. The Morgan fingerprint density at radius 1 is 0.964 bits per heavy atom. The molecule has 3 rings (SSSR count). The van der Waals surface area contributed by atoms with E-state index in [0.29, 0.717) is 31.7 Å². The first-order valence-corrected chi connectivity index (χ1v) is 10.1. The van der Waals surface area contributed by atoms with Gasteiger partial charge in [0.05, 0.1) is 10.5 Å². The monoisotopic (exact) mass is 385 g/mol. The molecule has 1 saturated heterocycles. The van der Waals surface area contributed by atoms with Gasteiger partial charge in [0.15, 0.2) is 0 Å². The van der Waals surface area contributed by atoms with Crippen LogP contribution in [0.15, 0.2) is 30.3 Å². The number of carbonyl (C=O) groups excluding carboxylic acids is 2. The molecule has 0 atom stereocenters. The molecule has 2 amide bonds. The number of hydrogen-bond acceptors (Lipinski definition) is 4. The average molecular weight is 385 g/mol.